The first-order chi connectivity index (χ1) is 6.42. The Kier molecular flexibility index (Phi) is 3.19. The van der Waals surface area contributed by atoms with Crippen molar-refractivity contribution in [3.8, 4) is 0 Å². The highest BCUT2D eigenvalue weighted by atomic mass is 19.3. The first-order valence-corrected chi connectivity index (χ1v) is 4.55. The van der Waals surface area contributed by atoms with Gasteiger partial charge in [-0.25, -0.2) is 13.2 Å². The fraction of sp³-hybridized carbons (Fsp3) is 0.455. The van der Waals surface area contributed by atoms with Gasteiger partial charge in [-0.15, -0.1) is 0 Å². The van der Waals surface area contributed by atoms with Crippen molar-refractivity contribution in [2.75, 3.05) is 0 Å². The van der Waals surface area contributed by atoms with Gasteiger partial charge in [0.1, 0.15) is 5.82 Å². The lowest BCUT2D eigenvalue weighted by atomic mass is 9.98. The van der Waals surface area contributed by atoms with Crippen molar-refractivity contribution in [2.45, 2.75) is 26.2 Å². The summed E-state index contributed by atoms with van der Waals surface area (Å²) in [5.41, 5.74) is -0.244. The molecule has 0 heterocycles. The molecule has 0 atom stereocenters. The van der Waals surface area contributed by atoms with E-state index in [4.69, 9.17) is 0 Å². The number of halogens is 3. The molecule has 1 aromatic carbocycles. The van der Waals surface area contributed by atoms with Crippen molar-refractivity contribution >= 4 is 0 Å². The van der Waals surface area contributed by atoms with Crippen LogP contribution in [0.5, 0.6) is 0 Å². The van der Waals surface area contributed by atoms with E-state index in [0.717, 1.165) is 12.1 Å². The van der Waals surface area contributed by atoms with Gasteiger partial charge < -0.3 is 0 Å². The average molecular weight is 202 g/mol. The lowest BCUT2D eigenvalue weighted by molar-refractivity contribution is -0.0251. The minimum Gasteiger partial charge on any atom is -0.207 e. The van der Waals surface area contributed by atoms with Crippen LogP contribution in [0, 0.1) is 11.7 Å². The topological polar surface area (TPSA) is 0 Å². The fourth-order valence-electron chi connectivity index (χ4n) is 1.35. The summed E-state index contributed by atoms with van der Waals surface area (Å²) in [6.45, 7) is 3.43. The molecule has 0 N–H and O–H groups in total. The van der Waals surface area contributed by atoms with Crippen molar-refractivity contribution in [2.24, 2.45) is 5.92 Å². The van der Waals surface area contributed by atoms with Gasteiger partial charge in [-0.05, 0) is 18.1 Å². The third-order valence-electron chi connectivity index (χ3n) is 1.91. The van der Waals surface area contributed by atoms with E-state index in [1.165, 1.54) is 12.1 Å². The van der Waals surface area contributed by atoms with Crippen LogP contribution in [0.15, 0.2) is 24.3 Å². The van der Waals surface area contributed by atoms with Crippen LogP contribution in [0.4, 0.5) is 13.2 Å². The molecule has 0 aliphatic carbocycles. The van der Waals surface area contributed by atoms with Gasteiger partial charge in [-0.3, -0.25) is 0 Å². The van der Waals surface area contributed by atoms with Gasteiger partial charge in [0.05, 0.1) is 0 Å². The van der Waals surface area contributed by atoms with Crippen molar-refractivity contribution in [1.29, 1.82) is 0 Å². The summed E-state index contributed by atoms with van der Waals surface area (Å²) >= 11 is 0. The Morgan fingerprint density at radius 3 is 2.43 bits per heavy atom. The second-order valence-corrected chi connectivity index (χ2v) is 3.81. The number of alkyl halides is 2. The molecule has 1 aromatic rings. The number of rotatable bonds is 3. The average Bonchev–Trinajstić information content (AvgIpc) is 2.01. The number of hydrogen-bond acceptors (Lipinski definition) is 0. The molecule has 0 aliphatic rings. The lowest BCUT2D eigenvalue weighted by Crippen LogP contribution is -2.16. The molecule has 14 heavy (non-hydrogen) atoms. The molecule has 0 spiro atoms. The predicted octanol–water partition coefficient (Wildman–Crippen LogP) is 3.96. The number of benzene rings is 1. The predicted molar refractivity (Wildman–Crippen MR) is 49.7 cm³/mol. The van der Waals surface area contributed by atoms with Crippen molar-refractivity contribution in [3.05, 3.63) is 35.6 Å². The molecule has 0 unspecified atom stereocenters. The molecule has 0 amide bonds. The maximum absolute atomic E-state index is 13.4. The molecule has 0 fully saturated rings. The molecule has 1 rings (SSSR count). The summed E-state index contributed by atoms with van der Waals surface area (Å²) in [4.78, 5) is 0. The molecule has 0 nitrogen and oxygen atoms in total. The third-order valence-corrected chi connectivity index (χ3v) is 1.91. The van der Waals surface area contributed by atoms with E-state index in [9.17, 15) is 13.2 Å². The second-order valence-electron chi connectivity index (χ2n) is 3.81. The normalized spacial score (nSPS) is 12.1. The molecule has 3 heteroatoms. The highest BCUT2D eigenvalue weighted by Crippen LogP contribution is 2.34. The van der Waals surface area contributed by atoms with Crippen LogP contribution >= 0.6 is 0 Å². The summed E-state index contributed by atoms with van der Waals surface area (Å²) < 4.78 is 39.5. The van der Waals surface area contributed by atoms with Gasteiger partial charge in [0.15, 0.2) is 0 Å². The monoisotopic (exact) mass is 202 g/mol. The van der Waals surface area contributed by atoms with E-state index in [-0.39, 0.29) is 17.9 Å². The van der Waals surface area contributed by atoms with Crippen LogP contribution in [0.1, 0.15) is 25.8 Å². The van der Waals surface area contributed by atoms with Gasteiger partial charge in [-0.1, -0.05) is 26.0 Å². The number of hydrogen-bond donors (Lipinski definition) is 0. The summed E-state index contributed by atoms with van der Waals surface area (Å²) in [5, 5.41) is 0. The smallest absolute Gasteiger partial charge is 0.207 e. The molecule has 78 valence electrons. The molecular weight excluding hydrogens is 189 g/mol. The largest absolute Gasteiger partial charge is 0.273 e. The Bertz CT molecular complexity index is 305. The zero-order chi connectivity index (χ0) is 10.8. The third kappa shape index (κ3) is 2.76. The van der Waals surface area contributed by atoms with Crippen molar-refractivity contribution in [3.63, 3.8) is 0 Å². The summed E-state index contributed by atoms with van der Waals surface area (Å²) in [6.07, 6.45) is -0.254. The molecular formula is C11H13F3. The highest BCUT2D eigenvalue weighted by Gasteiger charge is 2.32. The minimum atomic E-state index is -2.93. The Morgan fingerprint density at radius 1 is 1.29 bits per heavy atom. The standard InChI is InChI=1S/C11H13F3/c1-8(2)7-11(13,14)9-4-3-5-10(12)6-9/h3-6,8H,7H2,1-2H3. The van der Waals surface area contributed by atoms with Gasteiger partial charge >= 0.3 is 0 Å². The van der Waals surface area contributed by atoms with Gasteiger partial charge in [-0.2, -0.15) is 0 Å². The van der Waals surface area contributed by atoms with E-state index in [2.05, 4.69) is 0 Å². The first-order valence-electron chi connectivity index (χ1n) is 4.55. The van der Waals surface area contributed by atoms with E-state index >= 15 is 0 Å². The maximum Gasteiger partial charge on any atom is 0.273 e. The van der Waals surface area contributed by atoms with Crippen LogP contribution < -0.4 is 0 Å². The SMILES string of the molecule is CC(C)CC(F)(F)c1cccc(F)c1. The van der Waals surface area contributed by atoms with Gasteiger partial charge in [0.2, 0.25) is 0 Å². The van der Waals surface area contributed by atoms with Crippen LogP contribution in [0.25, 0.3) is 0 Å². The van der Waals surface area contributed by atoms with Crippen LogP contribution in [-0.4, -0.2) is 0 Å². The second kappa shape index (κ2) is 4.03. The zero-order valence-corrected chi connectivity index (χ0v) is 8.23. The minimum absolute atomic E-state index is 0.117. The summed E-state index contributed by atoms with van der Waals surface area (Å²) in [7, 11) is 0. The summed E-state index contributed by atoms with van der Waals surface area (Å²) in [5.74, 6) is -3.67. The quantitative estimate of drug-likeness (QED) is 0.695. The van der Waals surface area contributed by atoms with Crippen molar-refractivity contribution < 1.29 is 13.2 Å². The van der Waals surface area contributed by atoms with Gasteiger partial charge in [0.25, 0.3) is 5.92 Å². The molecule has 0 bridgehead atoms. The Balaban J connectivity index is 2.91. The van der Waals surface area contributed by atoms with Crippen LogP contribution in [0.3, 0.4) is 0 Å². The molecule has 0 aliphatic heterocycles. The molecule has 0 aromatic heterocycles. The maximum atomic E-state index is 13.4. The zero-order valence-electron chi connectivity index (χ0n) is 8.23. The first kappa shape index (κ1) is 11.1. The Morgan fingerprint density at radius 2 is 1.93 bits per heavy atom. The highest BCUT2D eigenvalue weighted by molar-refractivity contribution is 5.21. The van der Waals surface area contributed by atoms with Crippen LogP contribution in [-0.2, 0) is 5.92 Å². The van der Waals surface area contributed by atoms with Crippen molar-refractivity contribution in [1.82, 2.24) is 0 Å². The van der Waals surface area contributed by atoms with Crippen LogP contribution in [0.2, 0.25) is 0 Å². The fourth-order valence-corrected chi connectivity index (χ4v) is 1.35. The lowest BCUT2D eigenvalue weighted by Gasteiger charge is -2.18. The van der Waals surface area contributed by atoms with E-state index in [0.29, 0.717) is 0 Å². The Hall–Kier alpha value is -0.990. The molecule has 0 saturated carbocycles. The molecule has 0 saturated heterocycles. The Labute approximate surface area is 81.8 Å². The van der Waals surface area contributed by atoms with E-state index < -0.39 is 11.7 Å². The molecule has 0 radical (unpaired) electrons. The summed E-state index contributed by atoms with van der Waals surface area (Å²) in [6, 6.07) is 4.61. The van der Waals surface area contributed by atoms with E-state index in [1.807, 2.05) is 0 Å². The van der Waals surface area contributed by atoms with E-state index in [1.54, 1.807) is 13.8 Å². The van der Waals surface area contributed by atoms with Gasteiger partial charge in [0, 0.05) is 12.0 Å².